The van der Waals surface area contributed by atoms with Gasteiger partial charge in [0.2, 0.25) is 0 Å². The first-order valence-corrected chi connectivity index (χ1v) is 10.3. The summed E-state index contributed by atoms with van der Waals surface area (Å²) < 4.78 is 12.0. The van der Waals surface area contributed by atoms with E-state index in [-0.39, 0.29) is 18.3 Å². The number of hydrogen-bond donors (Lipinski definition) is 1. The Hall–Kier alpha value is -2.50. The molecule has 0 bridgehead atoms. The molecule has 1 unspecified atom stereocenters. The van der Waals surface area contributed by atoms with Crippen LogP contribution in [0.2, 0.25) is 0 Å². The number of aliphatic hydroxyl groups excluding tert-OH is 1. The van der Waals surface area contributed by atoms with Crippen molar-refractivity contribution in [3.8, 4) is 0 Å². The molecule has 2 aromatic carbocycles. The third kappa shape index (κ3) is 3.49. The van der Waals surface area contributed by atoms with E-state index in [4.69, 9.17) is 21.4 Å². The number of carbonyl (C=O) groups is 1. The molecule has 4 rings (SSSR count). The van der Waals surface area contributed by atoms with Crippen molar-refractivity contribution in [3.63, 3.8) is 0 Å². The highest BCUT2D eigenvalue weighted by Gasteiger charge is 2.28. The number of ether oxygens (including phenoxy) is 1. The number of para-hydroxylation sites is 1. The number of furan rings is 1. The number of thiocarbonyl (C=S) groups is 1. The van der Waals surface area contributed by atoms with Crippen molar-refractivity contribution in [2.24, 2.45) is 5.92 Å². The largest absolute Gasteiger partial charge is 0.456 e. The molecular formula is C24H24O4S. The fraction of sp³-hybridized carbons (Fsp3) is 0.333. The topological polar surface area (TPSA) is 59.7 Å². The molecule has 0 amide bonds. The summed E-state index contributed by atoms with van der Waals surface area (Å²) in [7, 11) is 0. The fourth-order valence-electron chi connectivity index (χ4n) is 4.04. The highest BCUT2D eigenvalue weighted by molar-refractivity contribution is 7.80. The lowest BCUT2D eigenvalue weighted by Gasteiger charge is -2.14. The number of Topliss-reactive ketones (excluding diaryl/α,β-unsaturated/α-hetero) is 1. The maximum absolute atomic E-state index is 12.8. The predicted molar refractivity (Wildman–Crippen MR) is 119 cm³/mol. The Morgan fingerprint density at radius 3 is 2.69 bits per heavy atom. The molecule has 0 aliphatic carbocycles. The number of carbonyl (C=O) groups excluding carboxylic acids is 1. The average Bonchev–Trinajstić information content (AvgIpc) is 3.02. The predicted octanol–water partition coefficient (Wildman–Crippen LogP) is 5.64. The summed E-state index contributed by atoms with van der Waals surface area (Å²) in [6.07, 6.45) is 1.50. The van der Waals surface area contributed by atoms with Gasteiger partial charge in [-0.3, -0.25) is 4.79 Å². The molecule has 5 heteroatoms. The number of allylic oxidation sites excluding steroid dienone is 2. The zero-order valence-corrected chi connectivity index (χ0v) is 17.7. The van der Waals surface area contributed by atoms with Crippen molar-refractivity contribution < 1.29 is 19.1 Å². The minimum absolute atomic E-state index is 0.0310. The smallest absolute Gasteiger partial charge is 0.198 e. The standard InChI is InChI=1S/C24H24O4S/c1-13-5-4-6-18-19-12-17(11-14(2)22(19)27-21(13)18)15(3)23-20(26)8-7-16(9-10-25)24(29)28-23/h4-6,11-12,16,25H,7-10H2,1-3H3/b23-15+. The van der Waals surface area contributed by atoms with Crippen LogP contribution in [0.25, 0.3) is 27.5 Å². The first-order chi connectivity index (χ1) is 13.9. The minimum Gasteiger partial charge on any atom is -0.456 e. The second kappa shape index (κ2) is 7.73. The molecule has 1 N–H and O–H groups in total. The zero-order chi connectivity index (χ0) is 20.7. The van der Waals surface area contributed by atoms with Gasteiger partial charge in [0.05, 0.1) is 0 Å². The molecule has 3 aromatic rings. The van der Waals surface area contributed by atoms with E-state index in [1.165, 1.54) is 0 Å². The molecular weight excluding hydrogens is 384 g/mol. The molecule has 1 aromatic heterocycles. The van der Waals surface area contributed by atoms with Crippen LogP contribution in [-0.2, 0) is 9.53 Å². The third-order valence-electron chi connectivity index (χ3n) is 5.74. The molecule has 2 heterocycles. The van der Waals surface area contributed by atoms with E-state index < -0.39 is 0 Å². The van der Waals surface area contributed by atoms with Crippen LogP contribution >= 0.6 is 12.2 Å². The molecule has 1 aliphatic rings. The summed E-state index contributed by atoms with van der Waals surface area (Å²) in [6.45, 7) is 5.98. The summed E-state index contributed by atoms with van der Waals surface area (Å²) in [4.78, 5) is 12.8. The molecule has 4 nitrogen and oxygen atoms in total. The van der Waals surface area contributed by atoms with E-state index in [0.29, 0.717) is 30.1 Å². The molecule has 1 atom stereocenters. The van der Waals surface area contributed by atoms with Gasteiger partial charge in [-0.05, 0) is 74.7 Å². The molecule has 150 valence electrons. The van der Waals surface area contributed by atoms with Crippen LogP contribution in [0.5, 0.6) is 0 Å². The lowest BCUT2D eigenvalue weighted by molar-refractivity contribution is -0.117. The quantitative estimate of drug-likeness (QED) is 0.449. The number of hydrogen-bond acceptors (Lipinski definition) is 5. The van der Waals surface area contributed by atoms with Crippen LogP contribution in [0, 0.1) is 19.8 Å². The number of ketones is 1. The SMILES string of the molecule is C/C(=C1\OC(=S)C(CCO)CCC1=O)c1cc(C)c2oc3c(C)cccc3c2c1. The highest BCUT2D eigenvalue weighted by atomic mass is 32.1. The normalized spacial score (nSPS) is 19.5. The summed E-state index contributed by atoms with van der Waals surface area (Å²) in [5, 5.41) is 11.7. The molecule has 1 fully saturated rings. The number of rotatable bonds is 3. The van der Waals surface area contributed by atoms with Gasteiger partial charge in [0, 0.05) is 35.3 Å². The van der Waals surface area contributed by atoms with Crippen molar-refractivity contribution in [2.45, 2.75) is 40.0 Å². The monoisotopic (exact) mass is 408 g/mol. The van der Waals surface area contributed by atoms with Crippen molar-refractivity contribution >= 4 is 50.6 Å². The number of aliphatic hydroxyl groups is 1. The summed E-state index contributed by atoms with van der Waals surface area (Å²) in [6, 6.07) is 10.2. The van der Waals surface area contributed by atoms with E-state index in [2.05, 4.69) is 12.1 Å². The van der Waals surface area contributed by atoms with Crippen LogP contribution in [-0.4, -0.2) is 22.5 Å². The molecule has 1 saturated heterocycles. The summed E-state index contributed by atoms with van der Waals surface area (Å²) in [5.74, 6) is 0.198. The zero-order valence-electron chi connectivity index (χ0n) is 16.9. The second-order valence-electron chi connectivity index (χ2n) is 7.77. The van der Waals surface area contributed by atoms with E-state index in [0.717, 1.165) is 44.2 Å². The van der Waals surface area contributed by atoms with Gasteiger partial charge in [-0.15, -0.1) is 0 Å². The summed E-state index contributed by atoms with van der Waals surface area (Å²) in [5.41, 5.74) is 5.55. The Morgan fingerprint density at radius 2 is 1.93 bits per heavy atom. The lowest BCUT2D eigenvalue weighted by atomic mass is 9.97. The number of benzene rings is 2. The molecule has 1 aliphatic heterocycles. The second-order valence-corrected chi connectivity index (χ2v) is 8.17. The first kappa shape index (κ1) is 19.8. The Morgan fingerprint density at radius 1 is 1.17 bits per heavy atom. The van der Waals surface area contributed by atoms with Gasteiger partial charge in [-0.25, -0.2) is 0 Å². The van der Waals surface area contributed by atoms with E-state index in [1.54, 1.807) is 0 Å². The minimum atomic E-state index is -0.0748. The first-order valence-electron chi connectivity index (χ1n) is 9.90. The van der Waals surface area contributed by atoms with Crippen LogP contribution < -0.4 is 0 Å². The molecule has 0 saturated carbocycles. The van der Waals surface area contributed by atoms with E-state index >= 15 is 0 Å². The fourth-order valence-corrected chi connectivity index (χ4v) is 4.36. The van der Waals surface area contributed by atoms with E-state index in [1.807, 2.05) is 39.0 Å². The van der Waals surface area contributed by atoms with Gasteiger partial charge in [0.25, 0.3) is 0 Å². The van der Waals surface area contributed by atoms with Gasteiger partial charge in [0.1, 0.15) is 11.2 Å². The van der Waals surface area contributed by atoms with Crippen molar-refractivity contribution in [2.75, 3.05) is 6.61 Å². The van der Waals surface area contributed by atoms with Gasteiger partial charge in [-0.2, -0.15) is 0 Å². The van der Waals surface area contributed by atoms with Gasteiger partial charge >= 0.3 is 0 Å². The van der Waals surface area contributed by atoms with Crippen molar-refractivity contribution in [1.29, 1.82) is 0 Å². The molecule has 0 spiro atoms. The highest BCUT2D eigenvalue weighted by Crippen LogP contribution is 2.36. The lowest BCUT2D eigenvalue weighted by Crippen LogP contribution is -2.15. The summed E-state index contributed by atoms with van der Waals surface area (Å²) >= 11 is 5.41. The average molecular weight is 409 g/mol. The Balaban J connectivity index is 1.84. The van der Waals surface area contributed by atoms with Crippen LogP contribution in [0.4, 0.5) is 0 Å². The number of aryl methyl sites for hydroxylation is 2. The van der Waals surface area contributed by atoms with Crippen LogP contribution in [0.1, 0.15) is 42.9 Å². The van der Waals surface area contributed by atoms with Crippen LogP contribution in [0.15, 0.2) is 40.5 Å². The molecule has 29 heavy (non-hydrogen) atoms. The van der Waals surface area contributed by atoms with Gasteiger partial charge < -0.3 is 14.3 Å². The van der Waals surface area contributed by atoms with Crippen molar-refractivity contribution in [1.82, 2.24) is 0 Å². The van der Waals surface area contributed by atoms with Crippen LogP contribution in [0.3, 0.4) is 0 Å². The Bertz CT molecular complexity index is 1170. The maximum atomic E-state index is 12.8. The Labute approximate surface area is 175 Å². The third-order valence-corrected chi connectivity index (χ3v) is 6.16. The van der Waals surface area contributed by atoms with E-state index in [9.17, 15) is 9.90 Å². The molecule has 0 radical (unpaired) electrons. The Kier molecular flexibility index (Phi) is 5.28. The van der Waals surface area contributed by atoms with Gasteiger partial charge in [-0.1, -0.05) is 18.2 Å². The van der Waals surface area contributed by atoms with Crippen molar-refractivity contribution in [3.05, 3.63) is 52.8 Å². The van der Waals surface area contributed by atoms with Gasteiger partial charge in [0.15, 0.2) is 16.6 Å². The number of fused-ring (bicyclic) bond motifs is 3. The maximum Gasteiger partial charge on any atom is 0.198 e.